The summed E-state index contributed by atoms with van der Waals surface area (Å²) in [5, 5.41) is 13.2. The standard InChI is InChI=1S/C21H28Cl2N5O10P/c22-6-9-27(10-7-23)13-1-3-14(4-2-13)36-38-39(33,34)37-19-15(12-25-17(30)11-24)35-20(18(19)31)28-8-5-16(29)26-21(28)32/h1-5,8,15,18-20,31H,6-7,9-12,24H2,(H,25,30)(H,33,34)(H,26,29,32)/t15-,18-,19-,20-/m1/s1. The molecule has 0 spiro atoms. The number of phosphoric ester groups is 1. The summed E-state index contributed by atoms with van der Waals surface area (Å²) < 4.78 is 28.9. The van der Waals surface area contributed by atoms with Crippen molar-refractivity contribution in [3.63, 3.8) is 0 Å². The zero-order valence-electron chi connectivity index (χ0n) is 20.4. The van der Waals surface area contributed by atoms with E-state index in [2.05, 4.69) is 9.99 Å². The van der Waals surface area contributed by atoms with Crippen molar-refractivity contribution in [2.75, 3.05) is 42.8 Å². The van der Waals surface area contributed by atoms with Gasteiger partial charge < -0.3 is 35.6 Å². The number of aliphatic hydroxyl groups excluding tert-OH is 1. The first kappa shape index (κ1) is 31.1. The van der Waals surface area contributed by atoms with Crippen LogP contribution in [0, 0.1) is 0 Å². The highest BCUT2D eigenvalue weighted by atomic mass is 35.5. The maximum Gasteiger partial charge on any atom is 0.508 e. The number of carbonyl (C=O) groups is 1. The Kier molecular flexibility index (Phi) is 11.4. The molecule has 216 valence electrons. The average Bonchev–Trinajstić information content (AvgIpc) is 3.20. The van der Waals surface area contributed by atoms with Gasteiger partial charge in [0.2, 0.25) is 5.91 Å². The Balaban J connectivity index is 1.71. The lowest BCUT2D eigenvalue weighted by Crippen LogP contribution is -2.42. The third-order valence-electron chi connectivity index (χ3n) is 5.51. The predicted octanol–water partition coefficient (Wildman–Crippen LogP) is -0.350. The van der Waals surface area contributed by atoms with E-state index in [1.807, 2.05) is 9.88 Å². The zero-order valence-corrected chi connectivity index (χ0v) is 22.8. The molecule has 2 heterocycles. The number of phosphoric acid groups is 1. The van der Waals surface area contributed by atoms with Crippen LogP contribution in [-0.2, 0) is 23.3 Å². The SMILES string of the molecule is NCC(=O)NC[C@H]1O[C@@H](n2ccc(=O)[nH]c2=O)[C@H](O)[C@@H]1OP(=O)(O)OOc1ccc(N(CCCl)CCCl)cc1. The summed E-state index contributed by atoms with van der Waals surface area (Å²) in [4.78, 5) is 54.4. The summed E-state index contributed by atoms with van der Waals surface area (Å²) in [6.07, 6.45) is -4.93. The maximum atomic E-state index is 12.7. The number of benzene rings is 1. The quantitative estimate of drug-likeness (QED) is 0.0803. The minimum Gasteiger partial charge on any atom is -0.386 e. The van der Waals surface area contributed by atoms with Gasteiger partial charge in [0.15, 0.2) is 12.0 Å². The second-order valence-corrected chi connectivity index (χ2v) is 10.2. The fraction of sp³-hybridized carbons (Fsp3) is 0.476. The molecule has 1 saturated heterocycles. The Morgan fingerprint density at radius 1 is 1.21 bits per heavy atom. The minimum atomic E-state index is -5.02. The minimum absolute atomic E-state index is 0.0565. The summed E-state index contributed by atoms with van der Waals surface area (Å²) in [5.41, 5.74) is 4.46. The number of carbonyl (C=O) groups excluding carboxylic acids is 1. The average molecular weight is 612 g/mol. The molecule has 0 bridgehead atoms. The number of aromatic nitrogens is 2. The van der Waals surface area contributed by atoms with Crippen molar-refractivity contribution >= 4 is 42.6 Å². The number of nitrogens with zero attached hydrogens (tertiary/aromatic N) is 2. The largest absolute Gasteiger partial charge is 0.508 e. The molecule has 0 aliphatic carbocycles. The first-order valence-corrected chi connectivity index (χ1v) is 14.1. The molecule has 1 aliphatic heterocycles. The highest BCUT2D eigenvalue weighted by molar-refractivity contribution is 7.47. The van der Waals surface area contributed by atoms with Gasteiger partial charge in [0.1, 0.15) is 18.3 Å². The third-order valence-corrected chi connectivity index (χ3v) is 6.62. The van der Waals surface area contributed by atoms with Gasteiger partial charge in [0.25, 0.3) is 5.56 Å². The predicted molar refractivity (Wildman–Crippen MR) is 140 cm³/mol. The van der Waals surface area contributed by atoms with E-state index < -0.39 is 49.5 Å². The molecule has 1 fully saturated rings. The molecule has 1 amide bonds. The van der Waals surface area contributed by atoms with Gasteiger partial charge >= 0.3 is 13.5 Å². The molecule has 1 aliphatic rings. The highest BCUT2D eigenvalue weighted by Crippen LogP contribution is 2.48. The van der Waals surface area contributed by atoms with Crippen LogP contribution in [0.15, 0.2) is 46.1 Å². The number of H-pyrrole nitrogens is 1. The molecule has 6 N–H and O–H groups in total. The number of alkyl halides is 2. The van der Waals surface area contributed by atoms with Crippen LogP contribution in [0.4, 0.5) is 5.69 Å². The number of anilines is 1. The zero-order chi connectivity index (χ0) is 28.6. The number of rotatable bonds is 14. The summed E-state index contributed by atoms with van der Waals surface area (Å²) in [6, 6.07) is 7.29. The Bertz CT molecular complexity index is 1260. The molecule has 2 aromatic rings. The Hall–Kier alpha value is -2.46. The van der Waals surface area contributed by atoms with Gasteiger partial charge in [0.05, 0.1) is 6.54 Å². The summed E-state index contributed by atoms with van der Waals surface area (Å²) in [7, 11) is -5.02. The normalized spacial score (nSPS) is 22.3. The first-order chi connectivity index (χ1) is 18.6. The number of nitrogens with one attached hydrogen (secondary N) is 2. The van der Waals surface area contributed by atoms with E-state index in [1.165, 1.54) is 12.1 Å². The van der Waals surface area contributed by atoms with Crippen LogP contribution in [0.3, 0.4) is 0 Å². The van der Waals surface area contributed by atoms with E-state index >= 15 is 0 Å². The smallest absolute Gasteiger partial charge is 0.386 e. The van der Waals surface area contributed by atoms with Crippen LogP contribution >= 0.6 is 31.0 Å². The molecule has 15 nitrogen and oxygen atoms in total. The molecule has 1 aromatic carbocycles. The Labute approximate surface area is 231 Å². The van der Waals surface area contributed by atoms with E-state index in [0.29, 0.717) is 24.8 Å². The maximum absolute atomic E-state index is 12.7. The van der Waals surface area contributed by atoms with Crippen LogP contribution in [0.25, 0.3) is 0 Å². The summed E-state index contributed by atoms with van der Waals surface area (Å²) >= 11 is 11.6. The summed E-state index contributed by atoms with van der Waals surface area (Å²) in [6.45, 7) is 0.439. The topological polar surface area (TPSA) is 208 Å². The highest BCUT2D eigenvalue weighted by Gasteiger charge is 2.49. The number of ether oxygens (including phenoxy) is 1. The molecule has 18 heteroatoms. The molecule has 39 heavy (non-hydrogen) atoms. The third kappa shape index (κ3) is 8.51. The Morgan fingerprint density at radius 2 is 1.87 bits per heavy atom. The Morgan fingerprint density at radius 3 is 2.46 bits per heavy atom. The van der Waals surface area contributed by atoms with E-state index in [4.69, 9.17) is 43.1 Å². The van der Waals surface area contributed by atoms with Crippen molar-refractivity contribution in [1.29, 1.82) is 0 Å². The number of hydrogen-bond acceptors (Lipinski definition) is 11. The second kappa shape index (κ2) is 14.3. The molecule has 0 radical (unpaired) electrons. The molecule has 0 saturated carbocycles. The monoisotopic (exact) mass is 611 g/mol. The fourth-order valence-electron chi connectivity index (χ4n) is 3.71. The van der Waals surface area contributed by atoms with Gasteiger partial charge in [-0.1, -0.05) is 4.67 Å². The van der Waals surface area contributed by atoms with Crippen molar-refractivity contribution in [3.05, 3.63) is 57.4 Å². The summed E-state index contributed by atoms with van der Waals surface area (Å²) in [5.74, 6) is 0.242. The van der Waals surface area contributed by atoms with Crippen LogP contribution in [0.5, 0.6) is 5.75 Å². The van der Waals surface area contributed by atoms with Crippen LogP contribution < -0.4 is 32.1 Å². The number of halogens is 2. The van der Waals surface area contributed by atoms with Gasteiger partial charge in [-0.3, -0.25) is 23.7 Å². The van der Waals surface area contributed by atoms with E-state index in [1.54, 1.807) is 12.1 Å². The van der Waals surface area contributed by atoms with Crippen molar-refractivity contribution in [2.24, 2.45) is 5.73 Å². The number of nitrogens with two attached hydrogens (primary N) is 1. The number of amides is 1. The van der Waals surface area contributed by atoms with Crippen molar-refractivity contribution in [1.82, 2.24) is 14.9 Å². The van der Waals surface area contributed by atoms with Gasteiger partial charge in [-0.25, -0.2) is 9.36 Å². The number of aliphatic hydroxyl groups is 1. The van der Waals surface area contributed by atoms with Crippen LogP contribution in [-0.4, -0.2) is 81.7 Å². The van der Waals surface area contributed by atoms with Crippen LogP contribution in [0.1, 0.15) is 6.23 Å². The molecule has 5 atom stereocenters. The van der Waals surface area contributed by atoms with Gasteiger partial charge in [-0.15, -0.1) is 23.2 Å². The molecule has 3 rings (SSSR count). The van der Waals surface area contributed by atoms with Crippen LogP contribution in [0.2, 0.25) is 0 Å². The molecule has 1 aromatic heterocycles. The van der Waals surface area contributed by atoms with Gasteiger partial charge in [-0.05, 0) is 24.3 Å². The lowest BCUT2D eigenvalue weighted by molar-refractivity contribution is -0.137. The van der Waals surface area contributed by atoms with E-state index in [0.717, 1.165) is 22.5 Å². The van der Waals surface area contributed by atoms with Gasteiger partial charge in [-0.2, -0.15) is 0 Å². The van der Waals surface area contributed by atoms with Crippen molar-refractivity contribution in [3.8, 4) is 5.75 Å². The number of hydrogen-bond donors (Lipinski definition) is 5. The first-order valence-electron chi connectivity index (χ1n) is 11.5. The molecule has 1 unspecified atom stereocenters. The lowest BCUT2D eigenvalue weighted by atomic mass is 10.1. The van der Waals surface area contributed by atoms with E-state index in [9.17, 15) is 28.9 Å². The molecular formula is C21H28Cl2N5O10P. The van der Waals surface area contributed by atoms with Crippen molar-refractivity contribution in [2.45, 2.75) is 24.5 Å². The molecular weight excluding hydrogens is 584 g/mol. The number of aromatic amines is 1. The van der Waals surface area contributed by atoms with Crippen molar-refractivity contribution < 1.29 is 38.2 Å². The fourth-order valence-corrected chi connectivity index (χ4v) is 4.90. The second-order valence-electron chi connectivity index (χ2n) is 8.14. The van der Waals surface area contributed by atoms with Gasteiger partial charge in [0, 0.05) is 49.3 Å². The lowest BCUT2D eigenvalue weighted by Gasteiger charge is -2.23. The van der Waals surface area contributed by atoms with E-state index in [-0.39, 0.29) is 18.8 Å².